The summed E-state index contributed by atoms with van der Waals surface area (Å²) in [5.74, 6) is -1.07. The lowest BCUT2D eigenvalue weighted by Gasteiger charge is -2.20. The van der Waals surface area contributed by atoms with Gasteiger partial charge in [-0.3, -0.25) is 0 Å². The Labute approximate surface area is 118 Å². The summed E-state index contributed by atoms with van der Waals surface area (Å²) in [6, 6.07) is 3.68. The second-order valence-electron chi connectivity index (χ2n) is 4.61. The molecule has 20 heavy (non-hydrogen) atoms. The number of esters is 1. The average molecular weight is 299 g/mol. The molecule has 1 N–H and O–H groups in total. The van der Waals surface area contributed by atoms with Gasteiger partial charge in [0.05, 0.1) is 12.0 Å². The number of hydrogen-bond donors (Lipinski definition) is 1. The maximum atomic E-state index is 12.5. The quantitative estimate of drug-likeness (QED) is 0.830. The molecular formula is C13H17NO5S. The van der Waals surface area contributed by atoms with Crippen molar-refractivity contribution in [2.75, 3.05) is 13.7 Å². The molecular weight excluding hydrogens is 282 g/mol. The van der Waals surface area contributed by atoms with Crippen LogP contribution < -0.4 is 0 Å². The van der Waals surface area contributed by atoms with Gasteiger partial charge in [-0.15, -0.1) is 0 Å². The predicted octanol–water partition coefficient (Wildman–Crippen LogP) is 1.35. The van der Waals surface area contributed by atoms with E-state index in [9.17, 15) is 18.3 Å². The van der Waals surface area contributed by atoms with Crippen LogP contribution in [0.1, 0.15) is 30.1 Å². The van der Waals surface area contributed by atoms with E-state index in [2.05, 4.69) is 4.74 Å². The van der Waals surface area contributed by atoms with Crippen LogP contribution in [0.4, 0.5) is 0 Å². The number of hydrogen-bond acceptors (Lipinski definition) is 5. The third-order valence-electron chi connectivity index (χ3n) is 3.25. The Balaban J connectivity index is 2.44. The lowest BCUT2D eigenvalue weighted by atomic mass is 10.2. The van der Waals surface area contributed by atoms with Crippen LogP contribution in [0.3, 0.4) is 0 Å². The van der Waals surface area contributed by atoms with Crippen molar-refractivity contribution in [1.29, 1.82) is 0 Å². The summed E-state index contributed by atoms with van der Waals surface area (Å²) in [5.41, 5.74) is -0.152. The third-order valence-corrected chi connectivity index (χ3v) is 5.27. The Bertz CT molecular complexity index is 622. The molecule has 0 amide bonds. The zero-order chi connectivity index (χ0) is 14.9. The lowest BCUT2D eigenvalue weighted by molar-refractivity contribution is 0.0597. The third kappa shape index (κ3) is 2.64. The van der Waals surface area contributed by atoms with Gasteiger partial charge in [0.2, 0.25) is 10.0 Å². The molecule has 0 unspecified atom stereocenters. The van der Waals surface area contributed by atoms with Crippen LogP contribution in [0.5, 0.6) is 5.75 Å². The molecule has 1 aliphatic rings. The number of methoxy groups -OCH3 is 1. The van der Waals surface area contributed by atoms with Crippen molar-refractivity contribution in [2.24, 2.45) is 0 Å². The highest BCUT2D eigenvalue weighted by molar-refractivity contribution is 7.89. The summed E-state index contributed by atoms with van der Waals surface area (Å²) >= 11 is 0. The Morgan fingerprint density at radius 2 is 2.10 bits per heavy atom. The van der Waals surface area contributed by atoms with Crippen molar-refractivity contribution in [3.05, 3.63) is 23.8 Å². The van der Waals surface area contributed by atoms with Crippen LogP contribution in [0, 0.1) is 0 Å². The highest BCUT2D eigenvalue weighted by Crippen LogP contribution is 2.32. The second kappa shape index (κ2) is 5.41. The van der Waals surface area contributed by atoms with Gasteiger partial charge in [0.1, 0.15) is 11.3 Å². The Morgan fingerprint density at radius 1 is 1.45 bits per heavy atom. The SMILES string of the molecule is CCN(C1CC1)S(=O)(=O)c1ccc(O)c(C(=O)OC)c1. The number of rotatable bonds is 5. The van der Waals surface area contributed by atoms with Crippen molar-refractivity contribution in [1.82, 2.24) is 4.31 Å². The van der Waals surface area contributed by atoms with Crippen LogP contribution in [0.25, 0.3) is 0 Å². The highest BCUT2D eigenvalue weighted by atomic mass is 32.2. The molecule has 2 rings (SSSR count). The van der Waals surface area contributed by atoms with Gasteiger partial charge in [0, 0.05) is 12.6 Å². The summed E-state index contributed by atoms with van der Waals surface area (Å²) in [5, 5.41) is 9.61. The van der Waals surface area contributed by atoms with E-state index in [0.29, 0.717) is 6.54 Å². The number of carbonyl (C=O) groups excluding carboxylic acids is 1. The van der Waals surface area contributed by atoms with E-state index in [1.54, 1.807) is 6.92 Å². The zero-order valence-corrected chi connectivity index (χ0v) is 12.2. The fraction of sp³-hybridized carbons (Fsp3) is 0.462. The number of benzene rings is 1. The van der Waals surface area contributed by atoms with Gasteiger partial charge in [-0.1, -0.05) is 6.92 Å². The summed E-state index contributed by atoms with van der Waals surface area (Å²) in [7, 11) is -2.48. The van der Waals surface area contributed by atoms with Crippen molar-refractivity contribution in [3.8, 4) is 5.75 Å². The van der Waals surface area contributed by atoms with Gasteiger partial charge in [-0.25, -0.2) is 13.2 Å². The molecule has 0 bridgehead atoms. The number of aromatic hydroxyl groups is 1. The van der Waals surface area contributed by atoms with E-state index in [1.807, 2.05) is 0 Å². The first-order valence-electron chi connectivity index (χ1n) is 6.35. The minimum atomic E-state index is -3.65. The van der Waals surface area contributed by atoms with Gasteiger partial charge in [-0.2, -0.15) is 4.31 Å². The highest BCUT2D eigenvalue weighted by Gasteiger charge is 2.37. The van der Waals surface area contributed by atoms with Crippen LogP contribution in [-0.2, 0) is 14.8 Å². The molecule has 1 fully saturated rings. The first-order valence-corrected chi connectivity index (χ1v) is 7.79. The zero-order valence-electron chi connectivity index (χ0n) is 11.4. The number of carbonyl (C=O) groups is 1. The van der Waals surface area contributed by atoms with E-state index in [0.717, 1.165) is 18.9 Å². The van der Waals surface area contributed by atoms with Crippen molar-refractivity contribution in [3.63, 3.8) is 0 Å². The number of phenols is 1. The predicted molar refractivity (Wildman–Crippen MR) is 72.0 cm³/mol. The van der Waals surface area contributed by atoms with Crippen LogP contribution in [0.2, 0.25) is 0 Å². The van der Waals surface area contributed by atoms with E-state index in [4.69, 9.17) is 0 Å². The van der Waals surface area contributed by atoms with Gasteiger partial charge in [-0.05, 0) is 31.0 Å². The molecule has 0 saturated heterocycles. The monoisotopic (exact) mass is 299 g/mol. The maximum absolute atomic E-state index is 12.5. The molecule has 1 aromatic carbocycles. The summed E-state index contributed by atoms with van der Waals surface area (Å²) < 4.78 is 31.0. The fourth-order valence-electron chi connectivity index (χ4n) is 2.07. The summed E-state index contributed by atoms with van der Waals surface area (Å²) in [6.45, 7) is 2.15. The van der Waals surface area contributed by atoms with E-state index in [-0.39, 0.29) is 22.3 Å². The first kappa shape index (κ1) is 14.8. The number of ether oxygens (including phenoxy) is 1. The Morgan fingerprint density at radius 3 is 2.60 bits per heavy atom. The minimum absolute atomic E-state index is 0.00977. The minimum Gasteiger partial charge on any atom is -0.507 e. The average Bonchev–Trinajstić information content (AvgIpc) is 3.23. The number of nitrogens with zero attached hydrogens (tertiary/aromatic N) is 1. The van der Waals surface area contributed by atoms with Crippen molar-refractivity contribution in [2.45, 2.75) is 30.7 Å². The van der Waals surface area contributed by atoms with Crippen LogP contribution in [-0.4, -0.2) is 43.5 Å². The van der Waals surface area contributed by atoms with Gasteiger partial charge < -0.3 is 9.84 Å². The second-order valence-corrected chi connectivity index (χ2v) is 6.50. The van der Waals surface area contributed by atoms with Gasteiger partial charge in [0.15, 0.2) is 0 Å². The number of sulfonamides is 1. The molecule has 0 spiro atoms. The summed E-state index contributed by atoms with van der Waals surface area (Å²) in [6.07, 6.45) is 1.71. The lowest BCUT2D eigenvalue weighted by Crippen LogP contribution is -2.33. The molecule has 1 saturated carbocycles. The fourth-order valence-corrected chi connectivity index (χ4v) is 3.79. The molecule has 110 valence electrons. The molecule has 7 heteroatoms. The largest absolute Gasteiger partial charge is 0.507 e. The van der Waals surface area contributed by atoms with E-state index in [1.165, 1.54) is 23.5 Å². The van der Waals surface area contributed by atoms with Crippen LogP contribution in [0.15, 0.2) is 23.1 Å². The standard InChI is InChI=1S/C13H17NO5S/c1-3-14(9-4-5-9)20(17,18)10-6-7-12(15)11(8-10)13(16)19-2/h6-9,15H,3-5H2,1-2H3. The molecule has 1 aromatic rings. The van der Waals surface area contributed by atoms with Crippen molar-refractivity contribution < 1.29 is 23.1 Å². The van der Waals surface area contributed by atoms with E-state index < -0.39 is 16.0 Å². The normalized spacial score (nSPS) is 15.3. The topological polar surface area (TPSA) is 83.9 Å². The molecule has 0 atom stereocenters. The first-order chi connectivity index (χ1) is 9.41. The smallest absolute Gasteiger partial charge is 0.341 e. The molecule has 0 aromatic heterocycles. The van der Waals surface area contributed by atoms with Crippen LogP contribution >= 0.6 is 0 Å². The molecule has 0 heterocycles. The maximum Gasteiger partial charge on any atom is 0.341 e. The Hall–Kier alpha value is -1.60. The van der Waals surface area contributed by atoms with Gasteiger partial charge >= 0.3 is 5.97 Å². The number of phenolic OH excluding ortho intramolecular Hbond substituents is 1. The Kier molecular flexibility index (Phi) is 4.01. The van der Waals surface area contributed by atoms with Gasteiger partial charge in [0.25, 0.3) is 0 Å². The molecule has 1 aliphatic carbocycles. The molecule has 0 radical (unpaired) electrons. The van der Waals surface area contributed by atoms with Crippen molar-refractivity contribution >= 4 is 16.0 Å². The van der Waals surface area contributed by atoms with E-state index >= 15 is 0 Å². The molecule has 0 aliphatic heterocycles. The summed E-state index contributed by atoms with van der Waals surface area (Å²) in [4.78, 5) is 11.5. The molecule has 6 nitrogen and oxygen atoms in total.